The Bertz CT molecular complexity index is 158. The van der Waals surface area contributed by atoms with Crippen LogP contribution in [-0.2, 0) is 4.79 Å². The Labute approximate surface area is 59.7 Å². The van der Waals surface area contributed by atoms with Crippen LogP contribution in [0.3, 0.4) is 0 Å². The third-order valence-electron chi connectivity index (χ3n) is 0.845. The van der Waals surface area contributed by atoms with Gasteiger partial charge >= 0.3 is 11.6 Å². The Kier molecular flexibility index (Phi) is 4.10. The van der Waals surface area contributed by atoms with E-state index in [1.165, 1.54) is 6.92 Å². The molecule has 0 saturated heterocycles. The number of carbonyl (C=O) groups is 1. The Hall–Kier alpha value is -0.530. The lowest BCUT2D eigenvalue weighted by Crippen LogP contribution is -2.28. The van der Waals surface area contributed by atoms with Crippen LogP contribution in [0.2, 0.25) is 0 Å². The molecule has 0 aliphatic rings. The number of Topliss-reactive ketones (excluding diaryl/α,β-unsaturated/α-hetero) is 1. The van der Waals surface area contributed by atoms with Crippen molar-refractivity contribution in [3.63, 3.8) is 0 Å². The van der Waals surface area contributed by atoms with Crippen molar-refractivity contribution in [1.29, 1.82) is 0 Å². The van der Waals surface area contributed by atoms with Gasteiger partial charge in [0.25, 0.3) is 0 Å². The van der Waals surface area contributed by atoms with Gasteiger partial charge in [-0.25, -0.2) is 5.32 Å². The molecule has 0 fully saturated rings. The topological polar surface area (TPSA) is 33.5 Å². The van der Waals surface area contributed by atoms with Crippen molar-refractivity contribution in [3.05, 3.63) is 4.85 Å². The predicted molar refractivity (Wildman–Crippen MR) is 39.8 cm³/mol. The third kappa shape index (κ3) is 3.12. The maximum Gasteiger partial charge on any atom is 0.385 e. The molecule has 0 aromatic carbocycles. The van der Waals surface area contributed by atoms with Crippen molar-refractivity contribution in [3.8, 4) is 5.40 Å². The summed E-state index contributed by atoms with van der Waals surface area (Å²) in [4.78, 5) is 14.1. The van der Waals surface area contributed by atoms with Crippen molar-refractivity contribution in [2.75, 3.05) is 7.05 Å². The number of thiol groups is 1. The summed E-state index contributed by atoms with van der Waals surface area (Å²) in [5, 5.41) is 4.91. The molecule has 0 heterocycles. The Morgan fingerprint density at radius 2 is 2.44 bits per heavy atom. The zero-order valence-corrected chi connectivity index (χ0v) is 6.27. The van der Waals surface area contributed by atoms with Crippen LogP contribution in [0, 0.1) is 5.40 Å². The van der Waals surface area contributed by atoms with Crippen LogP contribution in [0.5, 0.6) is 0 Å². The fourth-order valence-corrected chi connectivity index (χ4v) is 0.532. The van der Waals surface area contributed by atoms with Crippen LogP contribution in [-0.4, -0.2) is 19.0 Å². The molecule has 0 amide bonds. The van der Waals surface area contributed by atoms with E-state index in [9.17, 15) is 4.79 Å². The number of likely N-dealkylation sites (N-methyl/N-ethyl adjacent to an activating group) is 1. The smallest absolute Gasteiger partial charge is 0.289 e. The molecular weight excluding hydrogens is 136 g/mol. The van der Waals surface area contributed by atoms with Gasteiger partial charge < -0.3 is 0 Å². The number of nitrogens with one attached hydrogen (secondary N) is 1. The highest BCUT2D eigenvalue weighted by Crippen LogP contribution is 1.86. The zero-order chi connectivity index (χ0) is 7.28. The fraction of sp³-hybridized carbons (Fsp3) is 0.600. The summed E-state index contributed by atoms with van der Waals surface area (Å²) in [5.74, 6) is -0.0425. The zero-order valence-electron chi connectivity index (χ0n) is 5.38. The molecule has 9 heavy (non-hydrogen) atoms. The summed E-state index contributed by atoms with van der Waals surface area (Å²) in [5.41, 5.74) is 0. The molecule has 0 aromatic heterocycles. The van der Waals surface area contributed by atoms with E-state index in [1.54, 1.807) is 7.05 Å². The molecule has 1 N–H and O–H groups in total. The molecule has 0 radical (unpaired) electrons. The average Bonchev–Trinajstić information content (AvgIpc) is 1.82. The van der Waals surface area contributed by atoms with Gasteiger partial charge in [0.15, 0.2) is 0 Å². The first-order valence-electron chi connectivity index (χ1n) is 2.49. The van der Waals surface area contributed by atoms with E-state index in [0.29, 0.717) is 0 Å². The monoisotopic (exact) mass is 145 g/mol. The molecule has 3 nitrogen and oxygen atoms in total. The summed E-state index contributed by atoms with van der Waals surface area (Å²) in [6.07, 6.45) is -0.484. The van der Waals surface area contributed by atoms with Gasteiger partial charge in [0.05, 0.1) is 0 Å². The van der Waals surface area contributed by atoms with E-state index in [4.69, 9.17) is 0 Å². The maximum absolute atomic E-state index is 10.5. The van der Waals surface area contributed by atoms with Gasteiger partial charge in [-0.2, -0.15) is 0 Å². The normalized spacial score (nSPS) is 11.4. The van der Waals surface area contributed by atoms with Gasteiger partial charge in [0.2, 0.25) is 5.78 Å². The van der Waals surface area contributed by atoms with E-state index in [-0.39, 0.29) is 5.78 Å². The van der Waals surface area contributed by atoms with Crippen molar-refractivity contribution < 1.29 is 4.79 Å². The van der Waals surface area contributed by atoms with Gasteiger partial charge in [-0.05, 0) is 24.5 Å². The second kappa shape index (κ2) is 4.36. The number of nitrogens with zero attached hydrogens (tertiary/aromatic N) is 1. The molecule has 0 aliphatic carbocycles. The number of ketones is 1. The standard InChI is InChI=1S/C5H8N2OS/c1-4(8)5(6-2)7-3-9/h5-6H,1-2H3/p+1. The summed E-state index contributed by atoms with van der Waals surface area (Å²) in [7, 11) is 1.65. The second-order valence-corrected chi connectivity index (χ2v) is 1.73. The molecular formula is C5H9N2OS+. The van der Waals surface area contributed by atoms with Crippen molar-refractivity contribution in [2.24, 2.45) is 0 Å². The van der Waals surface area contributed by atoms with E-state index in [0.717, 1.165) is 0 Å². The van der Waals surface area contributed by atoms with Gasteiger partial charge in [0.1, 0.15) is 0 Å². The largest absolute Gasteiger partial charge is 0.385 e. The average molecular weight is 145 g/mol. The SMILES string of the molecule is CNC([N+]#CS)C(C)=O. The maximum atomic E-state index is 10.5. The van der Waals surface area contributed by atoms with Gasteiger partial charge in [-0.1, -0.05) is 0 Å². The van der Waals surface area contributed by atoms with Gasteiger partial charge in [-0.3, -0.25) is 4.79 Å². The van der Waals surface area contributed by atoms with Crippen LogP contribution in [0.25, 0.3) is 4.85 Å². The van der Waals surface area contributed by atoms with Crippen molar-refractivity contribution in [2.45, 2.75) is 13.1 Å². The van der Waals surface area contributed by atoms with E-state index < -0.39 is 6.17 Å². The quantitative estimate of drug-likeness (QED) is 0.434. The first-order chi connectivity index (χ1) is 4.22. The van der Waals surface area contributed by atoms with Crippen LogP contribution in [0.15, 0.2) is 0 Å². The van der Waals surface area contributed by atoms with Crippen LogP contribution >= 0.6 is 12.6 Å². The lowest BCUT2D eigenvalue weighted by molar-refractivity contribution is -0.117. The predicted octanol–water partition coefficient (Wildman–Crippen LogP) is 0.341. The summed E-state index contributed by atoms with van der Waals surface area (Å²) in [6, 6.07) is 0. The molecule has 0 saturated carbocycles. The number of hydrogen-bond acceptors (Lipinski definition) is 3. The lowest BCUT2D eigenvalue weighted by Gasteiger charge is -1.89. The number of hydrogen-bond donors (Lipinski definition) is 2. The van der Waals surface area contributed by atoms with Gasteiger partial charge in [-0.15, -0.1) is 0 Å². The van der Waals surface area contributed by atoms with Crippen LogP contribution in [0.4, 0.5) is 0 Å². The molecule has 0 bridgehead atoms. The molecule has 1 unspecified atom stereocenters. The summed E-state index contributed by atoms with van der Waals surface area (Å²) in [6.45, 7) is 1.45. The Balaban J connectivity index is 3.94. The molecule has 50 valence electrons. The van der Waals surface area contributed by atoms with E-state index in [2.05, 4.69) is 28.2 Å². The van der Waals surface area contributed by atoms with Crippen LogP contribution in [0.1, 0.15) is 6.92 Å². The lowest BCUT2D eigenvalue weighted by atomic mass is 10.4. The van der Waals surface area contributed by atoms with E-state index >= 15 is 0 Å². The first-order valence-corrected chi connectivity index (χ1v) is 2.93. The number of carbonyl (C=O) groups excluding carboxylic acids is 1. The number of rotatable bonds is 2. The second-order valence-electron chi connectivity index (χ2n) is 1.53. The third-order valence-corrected chi connectivity index (χ3v) is 0.961. The van der Waals surface area contributed by atoms with E-state index in [1.807, 2.05) is 0 Å². The fourth-order valence-electron chi connectivity index (χ4n) is 0.416. The molecule has 0 spiro atoms. The van der Waals surface area contributed by atoms with Crippen LogP contribution < -0.4 is 5.32 Å². The molecule has 0 aromatic rings. The highest BCUT2D eigenvalue weighted by molar-refractivity contribution is 7.85. The molecule has 0 aliphatic heterocycles. The van der Waals surface area contributed by atoms with Crippen molar-refractivity contribution in [1.82, 2.24) is 5.32 Å². The highest BCUT2D eigenvalue weighted by atomic mass is 32.1. The molecule has 1 atom stereocenters. The molecule has 4 heteroatoms. The van der Waals surface area contributed by atoms with Crippen molar-refractivity contribution >= 4 is 18.4 Å². The summed E-state index contributed by atoms with van der Waals surface area (Å²) < 4.78 is 0. The minimum Gasteiger partial charge on any atom is -0.289 e. The Morgan fingerprint density at radius 1 is 1.89 bits per heavy atom. The molecule has 0 rings (SSSR count). The summed E-state index contributed by atoms with van der Waals surface area (Å²) >= 11 is 3.60. The Morgan fingerprint density at radius 3 is 2.56 bits per heavy atom. The van der Waals surface area contributed by atoms with Gasteiger partial charge in [0, 0.05) is 6.92 Å². The number of thiocyanates is 1. The first kappa shape index (κ1) is 8.47. The minimum atomic E-state index is -0.484. The minimum absolute atomic E-state index is 0.0425. The highest BCUT2D eigenvalue weighted by Gasteiger charge is 2.18.